The minimum absolute atomic E-state index is 0.0323. The Balaban J connectivity index is 1.80. The predicted molar refractivity (Wildman–Crippen MR) is 124 cm³/mol. The molecule has 31 heavy (non-hydrogen) atoms. The highest BCUT2D eigenvalue weighted by Gasteiger charge is 2.23. The average molecular weight is 423 g/mol. The predicted octanol–water partition coefficient (Wildman–Crippen LogP) is 4.82. The Morgan fingerprint density at radius 1 is 1.16 bits per heavy atom. The molecular weight excluding hydrogens is 388 g/mol. The Labute approximate surface area is 185 Å². The first-order valence-electron chi connectivity index (χ1n) is 11.1. The van der Waals surface area contributed by atoms with E-state index in [0.29, 0.717) is 24.6 Å². The molecule has 0 spiro atoms. The van der Waals surface area contributed by atoms with Crippen LogP contribution in [0.15, 0.2) is 30.3 Å². The average Bonchev–Trinajstić information content (AvgIpc) is 3.09. The zero-order valence-corrected chi connectivity index (χ0v) is 19.5. The van der Waals surface area contributed by atoms with Gasteiger partial charge >= 0.3 is 0 Å². The van der Waals surface area contributed by atoms with Crippen LogP contribution in [0.25, 0.3) is 11.0 Å². The van der Waals surface area contributed by atoms with E-state index >= 15 is 0 Å². The number of rotatable bonds is 9. The molecule has 1 aromatic carbocycles. The van der Waals surface area contributed by atoms with Gasteiger partial charge in [-0.3, -0.25) is 4.79 Å². The van der Waals surface area contributed by atoms with Gasteiger partial charge in [-0.05, 0) is 42.9 Å². The highest BCUT2D eigenvalue weighted by atomic mass is 16.5. The molecule has 1 unspecified atom stereocenters. The monoisotopic (exact) mass is 422 g/mol. The number of hydrogen-bond donors (Lipinski definition) is 1. The maximum Gasteiger partial charge on any atom is 0.242 e. The number of pyridine rings is 1. The minimum Gasteiger partial charge on any atom is -0.479 e. The summed E-state index contributed by atoms with van der Waals surface area (Å²) in [6, 6.07) is 10.3. The van der Waals surface area contributed by atoms with Crippen LogP contribution in [0.4, 0.5) is 0 Å². The van der Waals surface area contributed by atoms with Crippen LogP contribution in [0.2, 0.25) is 0 Å². The summed E-state index contributed by atoms with van der Waals surface area (Å²) in [6.07, 6.45) is 3.10. The molecule has 6 nitrogen and oxygen atoms in total. The molecule has 0 aliphatic heterocycles. The summed E-state index contributed by atoms with van der Waals surface area (Å²) in [5.41, 5.74) is 5.08. The lowest BCUT2D eigenvalue weighted by Gasteiger charge is -2.27. The van der Waals surface area contributed by atoms with Gasteiger partial charge in [0.2, 0.25) is 11.8 Å². The van der Waals surface area contributed by atoms with Crippen molar-refractivity contribution in [2.75, 3.05) is 7.11 Å². The van der Waals surface area contributed by atoms with Gasteiger partial charge in [0.05, 0.1) is 18.5 Å². The molecule has 1 amide bonds. The van der Waals surface area contributed by atoms with Crippen molar-refractivity contribution in [2.45, 2.75) is 59.4 Å². The second-order valence-corrected chi connectivity index (χ2v) is 8.16. The first-order chi connectivity index (χ1) is 14.9. The van der Waals surface area contributed by atoms with Crippen LogP contribution < -0.4 is 10.1 Å². The van der Waals surface area contributed by atoms with E-state index in [1.54, 1.807) is 11.8 Å². The summed E-state index contributed by atoms with van der Waals surface area (Å²) in [7, 11) is 3.49. The number of amides is 1. The fourth-order valence-electron chi connectivity index (χ4n) is 4.49. The third kappa shape index (κ3) is 4.73. The molecule has 0 fully saturated rings. The normalized spacial score (nSPS) is 12.4. The van der Waals surface area contributed by atoms with Gasteiger partial charge in [0, 0.05) is 19.2 Å². The molecule has 0 aliphatic carbocycles. The maximum absolute atomic E-state index is 13.0. The lowest BCUT2D eigenvalue weighted by molar-refractivity contribution is -0.122. The van der Waals surface area contributed by atoms with Gasteiger partial charge in [0.1, 0.15) is 0 Å². The number of ether oxygens (including phenoxy) is 1. The van der Waals surface area contributed by atoms with Gasteiger partial charge in [-0.2, -0.15) is 0 Å². The summed E-state index contributed by atoms with van der Waals surface area (Å²) >= 11 is 0. The van der Waals surface area contributed by atoms with Gasteiger partial charge in [-0.15, -0.1) is 5.10 Å². The van der Waals surface area contributed by atoms with Crippen molar-refractivity contribution >= 4 is 16.9 Å². The van der Waals surface area contributed by atoms with Gasteiger partial charge in [0.25, 0.3) is 0 Å². The topological polar surface area (TPSA) is 69.0 Å². The Hall–Kier alpha value is -2.89. The fraction of sp³-hybridized carbons (Fsp3) is 0.480. The van der Waals surface area contributed by atoms with E-state index in [1.807, 2.05) is 32.2 Å². The third-order valence-electron chi connectivity index (χ3n) is 6.31. The molecule has 2 aromatic heterocycles. The van der Waals surface area contributed by atoms with Crippen LogP contribution >= 0.6 is 0 Å². The zero-order valence-electron chi connectivity index (χ0n) is 19.5. The van der Waals surface area contributed by atoms with Crippen LogP contribution in [0.5, 0.6) is 5.88 Å². The highest BCUT2D eigenvalue weighted by Crippen LogP contribution is 2.31. The summed E-state index contributed by atoms with van der Waals surface area (Å²) in [5, 5.41) is 8.64. The van der Waals surface area contributed by atoms with Crippen LogP contribution in [-0.2, 0) is 18.3 Å². The second kappa shape index (κ2) is 9.94. The van der Waals surface area contributed by atoms with Crippen molar-refractivity contribution in [3.8, 4) is 5.88 Å². The molecule has 3 aromatic rings. The smallest absolute Gasteiger partial charge is 0.242 e. The first-order valence-corrected chi connectivity index (χ1v) is 11.1. The molecule has 3 rings (SSSR count). The molecule has 1 N–H and O–H groups in total. The van der Waals surface area contributed by atoms with Crippen molar-refractivity contribution in [3.63, 3.8) is 0 Å². The fourth-order valence-corrected chi connectivity index (χ4v) is 4.49. The van der Waals surface area contributed by atoms with Crippen molar-refractivity contribution < 1.29 is 9.53 Å². The number of methoxy groups -OCH3 is 1. The molecule has 0 bridgehead atoms. The maximum atomic E-state index is 13.0. The van der Waals surface area contributed by atoms with E-state index in [1.165, 1.54) is 5.56 Å². The largest absolute Gasteiger partial charge is 0.479 e. The van der Waals surface area contributed by atoms with Crippen molar-refractivity contribution in [1.82, 2.24) is 20.1 Å². The van der Waals surface area contributed by atoms with Crippen LogP contribution in [0, 0.1) is 19.8 Å². The number of nitrogens with zero attached hydrogens (tertiary/aromatic N) is 3. The highest BCUT2D eigenvalue weighted by molar-refractivity contribution is 5.86. The Kier molecular flexibility index (Phi) is 7.31. The second-order valence-electron chi connectivity index (χ2n) is 8.16. The van der Waals surface area contributed by atoms with Crippen LogP contribution in [-0.4, -0.2) is 27.8 Å². The van der Waals surface area contributed by atoms with Crippen molar-refractivity contribution in [2.24, 2.45) is 13.0 Å². The standard InChI is InChI=1S/C25H34N4O2/c1-7-18(8-2)23(19-12-10-9-11-13-19)27-21(30)15-14-20-16(3)22-24(26-17(20)4)29(5)28-25(22)31-6/h9-13,18,23H,7-8,14-15H2,1-6H3,(H,27,30). The molecule has 0 saturated carbocycles. The number of fused-ring (bicyclic) bond motifs is 1. The Morgan fingerprint density at radius 3 is 2.45 bits per heavy atom. The summed E-state index contributed by atoms with van der Waals surface area (Å²) in [6.45, 7) is 8.43. The Bertz CT molecular complexity index is 1040. The van der Waals surface area contributed by atoms with E-state index in [-0.39, 0.29) is 11.9 Å². The van der Waals surface area contributed by atoms with Gasteiger partial charge in [-0.25, -0.2) is 9.67 Å². The summed E-state index contributed by atoms with van der Waals surface area (Å²) in [5.74, 6) is 1.05. The molecule has 6 heteroatoms. The van der Waals surface area contributed by atoms with Crippen molar-refractivity contribution in [3.05, 3.63) is 52.7 Å². The van der Waals surface area contributed by atoms with Gasteiger partial charge < -0.3 is 10.1 Å². The number of benzene rings is 1. The molecule has 166 valence electrons. The minimum atomic E-state index is 0.0323. The molecule has 0 saturated heterocycles. The third-order valence-corrected chi connectivity index (χ3v) is 6.31. The van der Waals surface area contributed by atoms with Crippen LogP contribution in [0.3, 0.4) is 0 Å². The summed E-state index contributed by atoms with van der Waals surface area (Å²) < 4.78 is 7.19. The van der Waals surface area contributed by atoms with E-state index in [0.717, 1.165) is 40.7 Å². The molecule has 0 radical (unpaired) electrons. The van der Waals surface area contributed by atoms with Crippen molar-refractivity contribution in [1.29, 1.82) is 0 Å². The van der Waals surface area contributed by atoms with E-state index < -0.39 is 0 Å². The lowest BCUT2D eigenvalue weighted by atomic mass is 9.88. The number of carbonyl (C=O) groups excluding carboxylic acids is 1. The molecular formula is C25H34N4O2. The van der Waals surface area contributed by atoms with E-state index in [9.17, 15) is 4.79 Å². The lowest BCUT2D eigenvalue weighted by Crippen LogP contribution is -2.33. The van der Waals surface area contributed by atoms with Crippen LogP contribution in [0.1, 0.15) is 61.5 Å². The number of hydrogen-bond acceptors (Lipinski definition) is 4. The van der Waals surface area contributed by atoms with Gasteiger partial charge in [0.15, 0.2) is 5.65 Å². The number of aromatic nitrogens is 3. The summed E-state index contributed by atoms with van der Waals surface area (Å²) in [4.78, 5) is 17.7. The SMILES string of the molecule is CCC(CC)C(NC(=O)CCc1c(C)nc2c(c(OC)nn2C)c1C)c1ccccc1. The Morgan fingerprint density at radius 2 is 1.84 bits per heavy atom. The zero-order chi connectivity index (χ0) is 22.5. The van der Waals surface area contributed by atoms with E-state index in [2.05, 4.69) is 43.3 Å². The first kappa shape index (κ1) is 22.8. The quantitative estimate of drug-likeness (QED) is 0.537. The number of carbonyl (C=O) groups is 1. The van der Waals surface area contributed by atoms with E-state index in [4.69, 9.17) is 9.72 Å². The van der Waals surface area contributed by atoms with Gasteiger partial charge in [-0.1, -0.05) is 57.0 Å². The molecule has 2 heterocycles. The molecule has 0 aliphatic rings. The molecule has 1 atom stereocenters. The number of nitrogens with one attached hydrogen (secondary N) is 1. The number of aryl methyl sites for hydroxylation is 3.